The molecule has 2 aromatic rings. The Labute approximate surface area is 258 Å². The van der Waals surface area contributed by atoms with Crippen molar-refractivity contribution < 1.29 is 18.6 Å². The number of hydrogen-bond donors (Lipinski definition) is 0. The molecule has 0 N–H and O–H groups in total. The van der Waals surface area contributed by atoms with Crippen LogP contribution in [0.4, 0.5) is 0 Å². The van der Waals surface area contributed by atoms with E-state index < -0.39 is 19.5 Å². The van der Waals surface area contributed by atoms with Crippen molar-refractivity contribution in [2.45, 2.75) is 123 Å². The standard InChI is InChI=1S/C36H55BO4Si/c1-13-36(14-2,31-17-18-32(28(4)26-31)37-40-34(7,8)33(5,6)38-9)30-16-15-29(27(3)25-30)19-20-35(41-42(10,11)12)21-23-39-24-22-35/h15-18,25-26,37H,13-14,21-24H2,1-12H3. The summed E-state index contributed by atoms with van der Waals surface area (Å²) >= 11 is 0. The first-order valence-corrected chi connectivity index (χ1v) is 19.2. The van der Waals surface area contributed by atoms with Crippen molar-refractivity contribution in [1.82, 2.24) is 0 Å². The first kappa shape index (κ1) is 34.6. The molecule has 1 aliphatic rings. The summed E-state index contributed by atoms with van der Waals surface area (Å²) in [7, 11) is 0.541. The number of aryl methyl sites for hydroxylation is 2. The summed E-state index contributed by atoms with van der Waals surface area (Å²) in [6.07, 6.45) is 3.70. The summed E-state index contributed by atoms with van der Waals surface area (Å²) in [5.74, 6) is 7.11. The number of benzene rings is 2. The molecule has 1 aliphatic heterocycles. The average molecular weight is 591 g/mol. The zero-order valence-corrected chi connectivity index (χ0v) is 29.5. The van der Waals surface area contributed by atoms with E-state index in [0.717, 1.165) is 31.2 Å². The van der Waals surface area contributed by atoms with Crippen LogP contribution in [0.5, 0.6) is 0 Å². The second kappa shape index (κ2) is 13.4. The van der Waals surface area contributed by atoms with Gasteiger partial charge in [0.2, 0.25) is 0 Å². The van der Waals surface area contributed by atoms with Crippen LogP contribution in [0.2, 0.25) is 19.6 Å². The van der Waals surface area contributed by atoms with Gasteiger partial charge in [-0.2, -0.15) is 0 Å². The molecule has 0 aromatic heterocycles. The Hall–Kier alpha value is -1.88. The highest BCUT2D eigenvalue weighted by atomic mass is 28.4. The lowest BCUT2D eigenvalue weighted by molar-refractivity contribution is -0.114. The van der Waals surface area contributed by atoms with Gasteiger partial charge in [0, 0.05) is 30.9 Å². The van der Waals surface area contributed by atoms with Crippen molar-refractivity contribution in [1.29, 1.82) is 0 Å². The highest BCUT2D eigenvalue weighted by molar-refractivity contribution is 6.69. The Kier molecular flexibility index (Phi) is 11.0. The molecule has 0 aliphatic carbocycles. The lowest BCUT2D eigenvalue weighted by Gasteiger charge is -2.40. The molecule has 1 fully saturated rings. The highest BCUT2D eigenvalue weighted by Crippen LogP contribution is 2.40. The second-order valence-corrected chi connectivity index (χ2v) is 18.5. The topological polar surface area (TPSA) is 36.9 Å². The van der Waals surface area contributed by atoms with Crippen LogP contribution in [0.3, 0.4) is 0 Å². The Balaban J connectivity index is 1.91. The van der Waals surface area contributed by atoms with E-state index in [1.54, 1.807) is 7.11 Å². The van der Waals surface area contributed by atoms with Crippen LogP contribution in [0.25, 0.3) is 0 Å². The van der Waals surface area contributed by atoms with E-state index in [9.17, 15) is 0 Å². The molecule has 230 valence electrons. The number of ether oxygens (including phenoxy) is 2. The van der Waals surface area contributed by atoms with Gasteiger partial charge in [-0.1, -0.05) is 61.6 Å². The summed E-state index contributed by atoms with van der Waals surface area (Å²) in [6, 6.07) is 13.8. The molecule has 0 amide bonds. The molecule has 0 atom stereocenters. The van der Waals surface area contributed by atoms with Crippen LogP contribution in [0, 0.1) is 25.7 Å². The van der Waals surface area contributed by atoms with Gasteiger partial charge in [-0.05, 0) is 102 Å². The lowest BCUT2D eigenvalue weighted by Crippen LogP contribution is -2.50. The molecular weight excluding hydrogens is 535 g/mol. The molecule has 1 heterocycles. The highest BCUT2D eigenvalue weighted by Gasteiger charge is 2.39. The minimum atomic E-state index is -1.76. The summed E-state index contributed by atoms with van der Waals surface area (Å²) in [6.45, 7) is 25.5. The third-order valence-corrected chi connectivity index (χ3v) is 10.7. The number of methoxy groups -OCH3 is 1. The monoisotopic (exact) mass is 590 g/mol. The molecule has 0 bridgehead atoms. The van der Waals surface area contributed by atoms with Crippen LogP contribution in [0.15, 0.2) is 36.4 Å². The Morgan fingerprint density at radius 3 is 1.95 bits per heavy atom. The molecule has 4 nitrogen and oxygen atoms in total. The van der Waals surface area contributed by atoms with Crippen LogP contribution in [0.1, 0.15) is 95.0 Å². The molecule has 42 heavy (non-hydrogen) atoms. The van der Waals surface area contributed by atoms with Crippen molar-refractivity contribution in [3.05, 3.63) is 64.2 Å². The summed E-state index contributed by atoms with van der Waals surface area (Å²) in [4.78, 5) is 0. The summed E-state index contributed by atoms with van der Waals surface area (Å²) in [5.41, 5.74) is 6.19. The molecule has 1 saturated heterocycles. The normalized spacial score (nSPS) is 16.1. The van der Waals surface area contributed by atoms with E-state index in [4.69, 9.17) is 18.6 Å². The van der Waals surface area contributed by atoms with Crippen LogP contribution < -0.4 is 5.46 Å². The fraction of sp³-hybridized carbons (Fsp3) is 0.611. The van der Waals surface area contributed by atoms with E-state index in [0.29, 0.717) is 20.7 Å². The first-order chi connectivity index (χ1) is 19.5. The van der Waals surface area contributed by atoms with E-state index >= 15 is 0 Å². The SMILES string of the molecule is CCC(CC)(c1ccc(BOC(C)(C)C(C)(C)OC)c(C)c1)c1ccc(C#CC2(O[Si](C)(C)C)CCOCC2)c(C)c1. The second-order valence-electron chi connectivity index (χ2n) is 14.0. The molecular formula is C36H55BO4Si. The number of rotatable bonds is 11. The largest absolute Gasteiger partial charge is 0.427 e. The molecule has 0 unspecified atom stereocenters. The summed E-state index contributed by atoms with van der Waals surface area (Å²) in [5, 5.41) is 0. The predicted octanol–water partition coefficient (Wildman–Crippen LogP) is 7.36. The third kappa shape index (κ3) is 7.79. The van der Waals surface area contributed by atoms with Crippen LogP contribution >= 0.6 is 0 Å². The van der Waals surface area contributed by atoms with Gasteiger partial charge in [0.1, 0.15) is 5.60 Å². The maximum absolute atomic E-state index is 6.65. The maximum atomic E-state index is 6.65. The molecule has 2 aromatic carbocycles. The van der Waals surface area contributed by atoms with Crippen molar-refractivity contribution in [3.63, 3.8) is 0 Å². The van der Waals surface area contributed by atoms with E-state index in [2.05, 4.69) is 123 Å². The van der Waals surface area contributed by atoms with Gasteiger partial charge in [-0.25, -0.2) is 0 Å². The maximum Gasteiger partial charge on any atom is 0.309 e. The third-order valence-electron chi connectivity index (χ3n) is 9.66. The lowest BCUT2D eigenvalue weighted by atomic mass is 9.68. The van der Waals surface area contributed by atoms with Gasteiger partial charge in [0.15, 0.2) is 8.32 Å². The van der Waals surface area contributed by atoms with E-state index in [1.807, 2.05) is 0 Å². The smallest absolute Gasteiger partial charge is 0.309 e. The zero-order valence-electron chi connectivity index (χ0n) is 28.5. The average Bonchev–Trinajstić information content (AvgIpc) is 2.92. The van der Waals surface area contributed by atoms with E-state index in [1.165, 1.54) is 27.7 Å². The van der Waals surface area contributed by atoms with Crippen molar-refractivity contribution in [3.8, 4) is 11.8 Å². The zero-order chi connectivity index (χ0) is 31.4. The van der Waals surface area contributed by atoms with Gasteiger partial charge in [0.05, 0.1) is 24.4 Å². The molecule has 0 saturated carbocycles. The van der Waals surface area contributed by atoms with Crippen LogP contribution in [-0.4, -0.2) is 52.9 Å². The first-order valence-electron chi connectivity index (χ1n) is 15.7. The van der Waals surface area contributed by atoms with Gasteiger partial charge < -0.3 is 18.6 Å². The fourth-order valence-corrected chi connectivity index (χ4v) is 7.32. The Morgan fingerprint density at radius 1 is 0.881 bits per heavy atom. The van der Waals surface area contributed by atoms with E-state index in [-0.39, 0.29) is 11.0 Å². The predicted molar refractivity (Wildman–Crippen MR) is 181 cm³/mol. The van der Waals surface area contributed by atoms with Gasteiger partial charge in [0.25, 0.3) is 0 Å². The molecule has 3 rings (SSSR count). The van der Waals surface area contributed by atoms with Crippen LogP contribution in [-0.2, 0) is 24.0 Å². The van der Waals surface area contributed by atoms with Gasteiger partial charge >= 0.3 is 7.48 Å². The molecule has 0 spiro atoms. The molecule has 0 radical (unpaired) electrons. The van der Waals surface area contributed by atoms with Gasteiger partial charge in [-0.15, -0.1) is 0 Å². The minimum absolute atomic E-state index is 0.0684. The quantitative estimate of drug-likeness (QED) is 0.203. The Bertz CT molecular complexity index is 1270. The minimum Gasteiger partial charge on any atom is -0.427 e. The molecule has 6 heteroatoms. The Morgan fingerprint density at radius 2 is 1.45 bits per heavy atom. The number of hydrogen-bond acceptors (Lipinski definition) is 4. The van der Waals surface area contributed by atoms with Gasteiger partial charge in [-0.3, -0.25) is 0 Å². The van der Waals surface area contributed by atoms with Crippen molar-refractivity contribution in [2.24, 2.45) is 0 Å². The van der Waals surface area contributed by atoms with Crippen molar-refractivity contribution >= 4 is 21.3 Å². The summed E-state index contributed by atoms with van der Waals surface area (Å²) < 4.78 is 24.4. The fourth-order valence-electron chi connectivity index (χ4n) is 5.89. The van der Waals surface area contributed by atoms with Crippen molar-refractivity contribution in [2.75, 3.05) is 20.3 Å².